The van der Waals surface area contributed by atoms with E-state index in [4.69, 9.17) is 0 Å². The van der Waals surface area contributed by atoms with Gasteiger partial charge in [-0.15, -0.1) is 23.1 Å². The van der Waals surface area contributed by atoms with E-state index in [0.717, 1.165) is 22.7 Å². The van der Waals surface area contributed by atoms with Gasteiger partial charge in [0.2, 0.25) is 5.91 Å². The van der Waals surface area contributed by atoms with Gasteiger partial charge in [-0.1, -0.05) is 19.1 Å². The lowest BCUT2D eigenvalue weighted by atomic mass is 10.3. The molecule has 0 atom stereocenters. The number of fused-ring (bicyclic) bond motifs is 1. The molecule has 0 unspecified atom stereocenters. The summed E-state index contributed by atoms with van der Waals surface area (Å²) in [6.07, 6.45) is 3.05. The van der Waals surface area contributed by atoms with Crippen LogP contribution in [0.2, 0.25) is 0 Å². The van der Waals surface area contributed by atoms with Crippen molar-refractivity contribution >= 4 is 39.7 Å². The van der Waals surface area contributed by atoms with E-state index in [1.165, 1.54) is 15.7 Å². The average Bonchev–Trinajstić information content (AvgIpc) is 3.03. The highest BCUT2D eigenvalue weighted by molar-refractivity contribution is 7.98. The van der Waals surface area contributed by atoms with Crippen molar-refractivity contribution in [2.24, 2.45) is 0 Å². The highest BCUT2D eigenvalue weighted by Gasteiger charge is 2.08. The molecule has 2 aromatic heterocycles. The molecule has 1 N–H and O–H groups in total. The van der Waals surface area contributed by atoms with E-state index < -0.39 is 0 Å². The Balaban J connectivity index is 1.76. The van der Waals surface area contributed by atoms with Crippen molar-refractivity contribution in [3.05, 3.63) is 58.0 Å². The largest absolute Gasteiger partial charge is 0.325 e. The van der Waals surface area contributed by atoms with Crippen molar-refractivity contribution in [1.82, 2.24) is 9.38 Å². The molecule has 24 heavy (non-hydrogen) atoms. The van der Waals surface area contributed by atoms with Gasteiger partial charge in [0.1, 0.15) is 0 Å². The Bertz CT molecular complexity index is 917. The molecule has 0 aliphatic carbocycles. The number of rotatable bonds is 6. The van der Waals surface area contributed by atoms with E-state index in [0.29, 0.717) is 17.1 Å². The molecule has 3 rings (SSSR count). The van der Waals surface area contributed by atoms with Gasteiger partial charge >= 0.3 is 0 Å². The van der Waals surface area contributed by atoms with Crippen LogP contribution in [0.15, 0.2) is 51.6 Å². The summed E-state index contributed by atoms with van der Waals surface area (Å²) in [5.74, 6) is 0.589. The molecule has 1 aromatic carbocycles. The number of nitrogens with one attached hydrogen (secondary N) is 1. The monoisotopic (exact) mass is 359 g/mol. The van der Waals surface area contributed by atoms with Gasteiger partial charge in [-0.25, -0.2) is 4.98 Å². The molecule has 0 saturated heterocycles. The van der Waals surface area contributed by atoms with Gasteiger partial charge in [0.15, 0.2) is 4.96 Å². The second-order valence-electron chi connectivity index (χ2n) is 5.22. The van der Waals surface area contributed by atoms with E-state index in [1.54, 1.807) is 24.0 Å². The molecule has 0 bridgehead atoms. The maximum Gasteiger partial charge on any atom is 0.258 e. The van der Waals surface area contributed by atoms with Crippen LogP contribution < -0.4 is 10.9 Å². The van der Waals surface area contributed by atoms with Gasteiger partial charge in [0.05, 0.1) is 11.4 Å². The summed E-state index contributed by atoms with van der Waals surface area (Å²) in [6.45, 7) is 1.98. The number of benzene rings is 1. The van der Waals surface area contributed by atoms with Crippen LogP contribution in [-0.2, 0) is 10.5 Å². The zero-order valence-electron chi connectivity index (χ0n) is 13.2. The van der Waals surface area contributed by atoms with Gasteiger partial charge in [-0.3, -0.25) is 14.0 Å². The van der Waals surface area contributed by atoms with E-state index in [9.17, 15) is 9.59 Å². The predicted octanol–water partition coefficient (Wildman–Crippen LogP) is 3.79. The quantitative estimate of drug-likeness (QED) is 0.680. The molecule has 3 aromatic rings. The summed E-state index contributed by atoms with van der Waals surface area (Å²) in [5.41, 5.74) is 1.47. The number of carbonyl (C=O) groups excluding carboxylic acids is 1. The second kappa shape index (κ2) is 7.63. The third-order valence-electron chi connectivity index (χ3n) is 3.37. The number of anilines is 1. The number of carbonyl (C=O) groups is 1. The summed E-state index contributed by atoms with van der Waals surface area (Å²) in [4.78, 5) is 30.0. The molecule has 5 nitrogen and oxygen atoms in total. The van der Waals surface area contributed by atoms with Crippen LogP contribution in [0.5, 0.6) is 0 Å². The lowest BCUT2D eigenvalue weighted by Gasteiger charge is -2.10. The molecule has 0 fully saturated rings. The maximum absolute atomic E-state index is 12.0. The van der Waals surface area contributed by atoms with Gasteiger partial charge in [0, 0.05) is 34.7 Å². The summed E-state index contributed by atoms with van der Waals surface area (Å²) < 4.78 is 1.54. The first-order chi connectivity index (χ1) is 11.7. The molecule has 0 aliphatic rings. The van der Waals surface area contributed by atoms with Crippen LogP contribution in [0, 0.1) is 0 Å². The van der Waals surface area contributed by atoms with Crippen LogP contribution in [0.4, 0.5) is 5.69 Å². The van der Waals surface area contributed by atoms with Gasteiger partial charge in [-0.2, -0.15) is 0 Å². The third-order valence-corrected chi connectivity index (χ3v) is 5.23. The number of para-hydroxylation sites is 1. The zero-order chi connectivity index (χ0) is 16.9. The van der Waals surface area contributed by atoms with Crippen LogP contribution in [0.25, 0.3) is 4.96 Å². The molecule has 0 saturated carbocycles. The first-order valence-electron chi connectivity index (χ1n) is 7.65. The van der Waals surface area contributed by atoms with Crippen molar-refractivity contribution < 1.29 is 4.79 Å². The SMILES string of the molecule is CCCC(=O)Nc1ccccc1SCc1cc(=O)n2ccsc2n1. The normalized spacial score (nSPS) is 10.9. The minimum absolute atomic E-state index is 0.0157. The first kappa shape index (κ1) is 16.7. The molecule has 0 aliphatic heterocycles. The van der Waals surface area contributed by atoms with Gasteiger partial charge in [-0.05, 0) is 18.6 Å². The number of nitrogens with zero attached hydrogens (tertiary/aromatic N) is 2. The fourth-order valence-electron chi connectivity index (χ4n) is 2.25. The molecule has 2 heterocycles. The Kier molecular flexibility index (Phi) is 5.32. The van der Waals surface area contributed by atoms with Gasteiger partial charge in [0.25, 0.3) is 5.56 Å². The lowest BCUT2D eigenvalue weighted by molar-refractivity contribution is -0.116. The Morgan fingerprint density at radius 3 is 3.04 bits per heavy atom. The Morgan fingerprint density at radius 1 is 1.38 bits per heavy atom. The van der Waals surface area contributed by atoms with Crippen LogP contribution in [0.1, 0.15) is 25.5 Å². The van der Waals surface area contributed by atoms with E-state index in [2.05, 4.69) is 10.3 Å². The summed E-state index contributed by atoms with van der Waals surface area (Å²) >= 11 is 3.00. The molecular weight excluding hydrogens is 342 g/mol. The lowest BCUT2D eigenvalue weighted by Crippen LogP contribution is -2.13. The van der Waals surface area contributed by atoms with E-state index in [1.807, 2.05) is 36.6 Å². The standard InChI is InChI=1S/C17H17N3O2S2/c1-2-5-15(21)19-13-6-3-4-7-14(13)24-11-12-10-16(22)20-8-9-23-17(20)18-12/h3-4,6-10H,2,5,11H2,1H3,(H,19,21). The van der Waals surface area contributed by atoms with E-state index in [-0.39, 0.29) is 11.5 Å². The van der Waals surface area contributed by atoms with Crippen molar-refractivity contribution in [2.45, 2.75) is 30.4 Å². The molecule has 0 radical (unpaired) electrons. The third kappa shape index (κ3) is 3.85. The highest BCUT2D eigenvalue weighted by Crippen LogP contribution is 2.29. The van der Waals surface area contributed by atoms with Gasteiger partial charge < -0.3 is 5.32 Å². The van der Waals surface area contributed by atoms with E-state index >= 15 is 0 Å². The Morgan fingerprint density at radius 2 is 2.21 bits per heavy atom. The van der Waals surface area contributed by atoms with Crippen molar-refractivity contribution in [3.8, 4) is 0 Å². The number of thiazole rings is 1. The Hall–Kier alpha value is -2.12. The summed E-state index contributed by atoms with van der Waals surface area (Å²) in [6, 6.07) is 9.24. The molecule has 1 amide bonds. The smallest absolute Gasteiger partial charge is 0.258 e. The topological polar surface area (TPSA) is 63.5 Å². The first-order valence-corrected chi connectivity index (χ1v) is 9.51. The average molecular weight is 359 g/mol. The van der Waals surface area contributed by atoms with Crippen LogP contribution in [0.3, 0.4) is 0 Å². The van der Waals surface area contributed by atoms with Crippen molar-refractivity contribution in [2.75, 3.05) is 5.32 Å². The number of amides is 1. The summed E-state index contributed by atoms with van der Waals surface area (Å²) in [5, 5.41) is 4.79. The zero-order valence-corrected chi connectivity index (χ0v) is 14.8. The number of hydrogen-bond donors (Lipinski definition) is 1. The molecule has 0 spiro atoms. The maximum atomic E-state index is 12.0. The minimum Gasteiger partial charge on any atom is -0.325 e. The predicted molar refractivity (Wildman–Crippen MR) is 98.9 cm³/mol. The fourth-order valence-corrected chi connectivity index (χ4v) is 3.89. The van der Waals surface area contributed by atoms with Crippen molar-refractivity contribution in [3.63, 3.8) is 0 Å². The summed E-state index contributed by atoms with van der Waals surface area (Å²) in [7, 11) is 0. The molecule has 124 valence electrons. The molecule has 7 heteroatoms. The Labute approximate surface area is 147 Å². The van der Waals surface area contributed by atoms with Crippen molar-refractivity contribution in [1.29, 1.82) is 0 Å². The fraction of sp³-hybridized carbons (Fsp3) is 0.235. The highest BCUT2D eigenvalue weighted by atomic mass is 32.2. The number of aromatic nitrogens is 2. The number of hydrogen-bond acceptors (Lipinski definition) is 5. The second-order valence-corrected chi connectivity index (χ2v) is 7.11. The van der Waals surface area contributed by atoms with Crippen LogP contribution in [-0.4, -0.2) is 15.3 Å². The number of thioether (sulfide) groups is 1. The molecular formula is C17H17N3O2S2. The minimum atomic E-state index is -0.0682. The van der Waals surface area contributed by atoms with Crippen LogP contribution >= 0.6 is 23.1 Å².